The highest BCUT2D eigenvalue weighted by Crippen LogP contribution is 2.30. The Morgan fingerprint density at radius 3 is 3.07 bits per heavy atom. The first-order chi connectivity index (χ1) is 6.76. The molecular formula is C10H11BrN2S. The lowest BCUT2D eigenvalue weighted by molar-refractivity contribution is 0.480. The van der Waals surface area contributed by atoms with Gasteiger partial charge in [0, 0.05) is 6.42 Å². The molecule has 1 aromatic heterocycles. The minimum Gasteiger partial charge on any atom is -0.299 e. The van der Waals surface area contributed by atoms with Gasteiger partial charge in [0.05, 0.1) is 9.86 Å². The predicted molar refractivity (Wildman–Crippen MR) is 61.3 cm³/mol. The van der Waals surface area contributed by atoms with Crippen molar-refractivity contribution >= 4 is 27.3 Å². The molecule has 74 valence electrons. The molecule has 1 aliphatic rings. The smallest absolute Gasteiger partial charge is 0.110 e. The van der Waals surface area contributed by atoms with Crippen molar-refractivity contribution in [1.82, 2.24) is 5.32 Å². The van der Waals surface area contributed by atoms with Crippen LogP contribution >= 0.6 is 27.3 Å². The van der Waals surface area contributed by atoms with Crippen molar-refractivity contribution < 1.29 is 0 Å². The minimum atomic E-state index is -0.316. The maximum absolute atomic E-state index is 9.18. The highest BCUT2D eigenvalue weighted by atomic mass is 79.9. The number of nitriles is 1. The Morgan fingerprint density at radius 1 is 1.71 bits per heavy atom. The average Bonchev–Trinajstić information content (AvgIpc) is 2.79. The number of halogens is 1. The lowest BCUT2D eigenvalue weighted by atomic mass is 9.92. The van der Waals surface area contributed by atoms with E-state index >= 15 is 0 Å². The topological polar surface area (TPSA) is 35.8 Å². The van der Waals surface area contributed by atoms with Gasteiger partial charge >= 0.3 is 0 Å². The van der Waals surface area contributed by atoms with Gasteiger partial charge in [0.25, 0.3) is 0 Å². The summed E-state index contributed by atoms with van der Waals surface area (Å²) in [6, 6.07) is 4.51. The normalized spacial score (nSPS) is 26.3. The number of nitrogens with zero attached hydrogens (tertiary/aromatic N) is 1. The molecule has 1 N–H and O–H groups in total. The van der Waals surface area contributed by atoms with E-state index in [2.05, 4.69) is 38.8 Å². The van der Waals surface area contributed by atoms with E-state index in [1.807, 2.05) is 0 Å². The molecule has 0 aromatic carbocycles. The van der Waals surface area contributed by atoms with E-state index in [1.165, 1.54) is 5.56 Å². The van der Waals surface area contributed by atoms with Crippen LogP contribution < -0.4 is 5.32 Å². The summed E-state index contributed by atoms with van der Waals surface area (Å²) in [5, 5.41) is 14.5. The van der Waals surface area contributed by atoms with E-state index in [0.717, 1.165) is 29.6 Å². The van der Waals surface area contributed by atoms with Gasteiger partial charge in [-0.3, -0.25) is 5.32 Å². The number of hydrogen-bond donors (Lipinski definition) is 1. The number of hydrogen-bond acceptors (Lipinski definition) is 3. The van der Waals surface area contributed by atoms with Crippen molar-refractivity contribution in [3.63, 3.8) is 0 Å². The van der Waals surface area contributed by atoms with Gasteiger partial charge in [0.2, 0.25) is 0 Å². The van der Waals surface area contributed by atoms with Crippen molar-refractivity contribution in [2.24, 2.45) is 0 Å². The fourth-order valence-electron chi connectivity index (χ4n) is 1.86. The molecule has 2 nitrogen and oxygen atoms in total. The summed E-state index contributed by atoms with van der Waals surface area (Å²) in [7, 11) is 0. The molecule has 1 aliphatic heterocycles. The first-order valence-electron chi connectivity index (χ1n) is 4.64. The summed E-state index contributed by atoms with van der Waals surface area (Å²) < 4.78 is 1.15. The molecule has 0 amide bonds. The molecule has 14 heavy (non-hydrogen) atoms. The third-order valence-corrected chi connectivity index (χ3v) is 4.45. The molecule has 4 heteroatoms. The van der Waals surface area contributed by atoms with Gasteiger partial charge in [0.15, 0.2) is 0 Å². The summed E-state index contributed by atoms with van der Waals surface area (Å²) in [5.74, 6) is 0. The van der Waals surface area contributed by atoms with Crippen molar-refractivity contribution in [3.05, 3.63) is 20.8 Å². The Bertz CT molecular complexity index is 360. The molecule has 0 spiro atoms. The van der Waals surface area contributed by atoms with Crippen LogP contribution in [0.25, 0.3) is 0 Å². The molecule has 0 radical (unpaired) electrons. The summed E-state index contributed by atoms with van der Waals surface area (Å²) >= 11 is 5.18. The van der Waals surface area contributed by atoms with Gasteiger partial charge < -0.3 is 0 Å². The van der Waals surface area contributed by atoms with Crippen LogP contribution in [0.4, 0.5) is 0 Å². The van der Waals surface area contributed by atoms with Gasteiger partial charge in [-0.2, -0.15) is 5.26 Å². The van der Waals surface area contributed by atoms with Crippen LogP contribution in [-0.2, 0) is 6.42 Å². The second-order valence-corrected chi connectivity index (χ2v) is 5.85. The Labute approximate surface area is 96.1 Å². The molecule has 0 saturated carbocycles. The molecule has 0 aliphatic carbocycles. The maximum atomic E-state index is 9.18. The molecule has 0 bridgehead atoms. The predicted octanol–water partition coefficient (Wildman–Crippen LogP) is 2.70. The molecule has 1 unspecified atom stereocenters. The van der Waals surface area contributed by atoms with Crippen LogP contribution in [-0.4, -0.2) is 12.1 Å². The summed E-state index contributed by atoms with van der Waals surface area (Å²) in [6.07, 6.45) is 2.88. The van der Waals surface area contributed by atoms with Crippen LogP contribution in [0.2, 0.25) is 0 Å². The number of nitrogens with one attached hydrogen (secondary N) is 1. The third-order valence-electron chi connectivity index (χ3n) is 2.64. The number of rotatable bonds is 2. The van der Waals surface area contributed by atoms with Crippen molar-refractivity contribution in [2.45, 2.75) is 24.8 Å². The van der Waals surface area contributed by atoms with Gasteiger partial charge in [0.1, 0.15) is 5.54 Å². The minimum absolute atomic E-state index is 0.316. The first kappa shape index (κ1) is 10.2. The van der Waals surface area contributed by atoms with Gasteiger partial charge in [-0.05, 0) is 52.3 Å². The molecule has 2 heterocycles. The largest absolute Gasteiger partial charge is 0.299 e. The Kier molecular flexibility index (Phi) is 2.91. The van der Waals surface area contributed by atoms with Gasteiger partial charge in [-0.15, -0.1) is 11.3 Å². The van der Waals surface area contributed by atoms with Crippen LogP contribution in [0.5, 0.6) is 0 Å². The molecule has 1 fully saturated rings. The molecular weight excluding hydrogens is 260 g/mol. The highest BCUT2D eigenvalue weighted by molar-refractivity contribution is 9.11. The Balaban J connectivity index is 2.17. The van der Waals surface area contributed by atoms with E-state index in [4.69, 9.17) is 0 Å². The quantitative estimate of drug-likeness (QED) is 0.897. The van der Waals surface area contributed by atoms with Crippen LogP contribution in [0.1, 0.15) is 18.4 Å². The second-order valence-electron chi connectivity index (χ2n) is 3.62. The molecule has 2 rings (SSSR count). The van der Waals surface area contributed by atoms with E-state index < -0.39 is 0 Å². The number of thiophene rings is 1. The Morgan fingerprint density at radius 2 is 2.57 bits per heavy atom. The zero-order valence-electron chi connectivity index (χ0n) is 7.72. The zero-order chi connectivity index (χ0) is 10.0. The van der Waals surface area contributed by atoms with Crippen molar-refractivity contribution in [2.75, 3.05) is 6.54 Å². The highest BCUT2D eigenvalue weighted by Gasteiger charge is 2.34. The van der Waals surface area contributed by atoms with E-state index in [1.54, 1.807) is 11.3 Å². The van der Waals surface area contributed by atoms with Crippen LogP contribution in [0.3, 0.4) is 0 Å². The Hall–Kier alpha value is -0.370. The van der Waals surface area contributed by atoms with E-state index in [-0.39, 0.29) is 5.54 Å². The van der Waals surface area contributed by atoms with Crippen molar-refractivity contribution in [1.29, 1.82) is 5.26 Å². The fraction of sp³-hybridized carbons (Fsp3) is 0.500. The summed E-state index contributed by atoms with van der Waals surface area (Å²) in [4.78, 5) is 0. The SMILES string of the molecule is N#CC1(Cc2ccsc2Br)CCCN1. The van der Waals surface area contributed by atoms with Crippen LogP contribution in [0, 0.1) is 11.3 Å². The second kappa shape index (κ2) is 4.01. The summed E-state index contributed by atoms with van der Waals surface area (Å²) in [5.41, 5.74) is 0.926. The van der Waals surface area contributed by atoms with E-state index in [0.29, 0.717) is 0 Å². The first-order valence-corrected chi connectivity index (χ1v) is 6.31. The van der Waals surface area contributed by atoms with E-state index in [9.17, 15) is 5.26 Å². The molecule has 1 atom stereocenters. The molecule has 1 aromatic rings. The third kappa shape index (κ3) is 1.85. The summed E-state index contributed by atoms with van der Waals surface area (Å²) in [6.45, 7) is 0.968. The van der Waals surface area contributed by atoms with Crippen molar-refractivity contribution in [3.8, 4) is 6.07 Å². The lowest BCUT2D eigenvalue weighted by Crippen LogP contribution is -2.40. The standard InChI is InChI=1S/C10H11BrN2S/c11-9-8(2-5-14-9)6-10(7-12)3-1-4-13-10/h2,5,13H,1,3-4,6H2. The van der Waals surface area contributed by atoms with Gasteiger partial charge in [-0.1, -0.05) is 0 Å². The zero-order valence-corrected chi connectivity index (χ0v) is 10.1. The maximum Gasteiger partial charge on any atom is 0.110 e. The lowest BCUT2D eigenvalue weighted by Gasteiger charge is -2.20. The van der Waals surface area contributed by atoms with Gasteiger partial charge in [-0.25, -0.2) is 0 Å². The fourth-order valence-corrected chi connectivity index (χ4v) is 3.10. The monoisotopic (exact) mass is 270 g/mol. The van der Waals surface area contributed by atoms with Crippen LogP contribution in [0.15, 0.2) is 15.2 Å². The molecule has 1 saturated heterocycles. The average molecular weight is 271 g/mol.